The molecule has 21 heavy (non-hydrogen) atoms. The van der Waals surface area contributed by atoms with Gasteiger partial charge in [0.15, 0.2) is 5.96 Å². The molecule has 1 aromatic heterocycles. The zero-order chi connectivity index (χ0) is 15.2. The first-order valence-electron chi connectivity index (χ1n) is 6.31. The van der Waals surface area contributed by atoms with Crippen molar-refractivity contribution in [1.29, 1.82) is 0 Å². The molecule has 6 nitrogen and oxygen atoms in total. The van der Waals surface area contributed by atoms with Crippen LogP contribution in [0.4, 0.5) is 4.39 Å². The molecular weight excluding hydrogens is 339 g/mol. The van der Waals surface area contributed by atoms with E-state index in [-0.39, 0.29) is 5.82 Å². The highest BCUT2D eigenvalue weighted by molar-refractivity contribution is 9.10. The minimum Gasteiger partial charge on any atom is -0.352 e. The summed E-state index contributed by atoms with van der Waals surface area (Å²) in [4.78, 5) is 8.19. The van der Waals surface area contributed by atoms with Gasteiger partial charge in [-0.1, -0.05) is 22.0 Å². The lowest BCUT2D eigenvalue weighted by Gasteiger charge is -2.12. The minimum atomic E-state index is -0.263. The van der Waals surface area contributed by atoms with E-state index in [0.29, 0.717) is 29.1 Å². The molecule has 0 aliphatic carbocycles. The largest absolute Gasteiger partial charge is 0.352 e. The molecule has 8 heteroatoms. The van der Waals surface area contributed by atoms with Gasteiger partial charge in [-0.2, -0.15) is 5.10 Å². The first-order chi connectivity index (χ1) is 10.1. The maximum atomic E-state index is 13.7. The number of nitrogens with zero attached hydrogens (tertiary/aromatic N) is 4. The number of halogens is 2. The van der Waals surface area contributed by atoms with Crippen LogP contribution in [0.5, 0.6) is 0 Å². The number of aliphatic imine (C=N–C) groups is 1. The molecular formula is C13H16BrFN6. The second-order valence-electron chi connectivity index (χ2n) is 4.31. The van der Waals surface area contributed by atoms with Crippen molar-refractivity contribution < 1.29 is 4.39 Å². The fourth-order valence-electron chi connectivity index (χ4n) is 1.71. The van der Waals surface area contributed by atoms with Crippen LogP contribution in [0.15, 0.2) is 34.0 Å². The van der Waals surface area contributed by atoms with Gasteiger partial charge < -0.3 is 10.6 Å². The third-order valence-corrected chi connectivity index (χ3v) is 3.40. The molecule has 0 bridgehead atoms. The highest BCUT2D eigenvalue weighted by Gasteiger charge is 2.05. The van der Waals surface area contributed by atoms with Crippen LogP contribution in [0.25, 0.3) is 0 Å². The average Bonchev–Trinajstić information content (AvgIpc) is 2.86. The van der Waals surface area contributed by atoms with E-state index in [2.05, 4.69) is 41.6 Å². The van der Waals surface area contributed by atoms with Crippen LogP contribution in [0.3, 0.4) is 0 Å². The summed E-state index contributed by atoms with van der Waals surface area (Å²) in [6, 6.07) is 4.96. The van der Waals surface area contributed by atoms with Gasteiger partial charge in [-0.05, 0) is 12.1 Å². The Labute approximate surface area is 130 Å². The van der Waals surface area contributed by atoms with Crippen molar-refractivity contribution in [2.24, 2.45) is 12.0 Å². The molecule has 2 aromatic rings. The van der Waals surface area contributed by atoms with Crippen LogP contribution >= 0.6 is 15.9 Å². The molecule has 0 spiro atoms. The zero-order valence-corrected chi connectivity index (χ0v) is 13.4. The Morgan fingerprint density at radius 2 is 2.14 bits per heavy atom. The SMILES string of the molecule is CN=C(NCc1ccc(Br)cc1F)NCc1ncnn1C. The molecule has 1 heterocycles. The van der Waals surface area contributed by atoms with Crippen molar-refractivity contribution in [1.82, 2.24) is 25.4 Å². The number of benzene rings is 1. The zero-order valence-electron chi connectivity index (χ0n) is 11.8. The van der Waals surface area contributed by atoms with E-state index in [1.807, 2.05) is 7.05 Å². The number of hydrogen-bond donors (Lipinski definition) is 2. The second-order valence-corrected chi connectivity index (χ2v) is 5.23. The summed E-state index contributed by atoms with van der Waals surface area (Å²) in [5.74, 6) is 1.09. The van der Waals surface area contributed by atoms with Crippen molar-refractivity contribution in [3.8, 4) is 0 Å². The summed E-state index contributed by atoms with van der Waals surface area (Å²) < 4.78 is 16.1. The van der Waals surface area contributed by atoms with Crippen LogP contribution in [0.1, 0.15) is 11.4 Å². The van der Waals surface area contributed by atoms with Gasteiger partial charge in [0.2, 0.25) is 0 Å². The predicted octanol–water partition coefficient (Wildman–Crippen LogP) is 1.58. The lowest BCUT2D eigenvalue weighted by molar-refractivity contribution is 0.603. The van der Waals surface area contributed by atoms with Crippen LogP contribution < -0.4 is 10.6 Å². The van der Waals surface area contributed by atoms with Gasteiger partial charge >= 0.3 is 0 Å². The normalized spacial score (nSPS) is 11.5. The molecule has 0 saturated heterocycles. The Kier molecular flexibility index (Phi) is 5.26. The van der Waals surface area contributed by atoms with Crippen LogP contribution in [-0.2, 0) is 20.1 Å². The van der Waals surface area contributed by atoms with E-state index in [0.717, 1.165) is 5.82 Å². The van der Waals surface area contributed by atoms with Gasteiger partial charge in [0.05, 0.1) is 6.54 Å². The number of aryl methyl sites for hydroxylation is 1. The summed E-state index contributed by atoms with van der Waals surface area (Å²) in [6.07, 6.45) is 1.49. The molecule has 0 unspecified atom stereocenters. The molecule has 112 valence electrons. The molecule has 0 atom stereocenters. The van der Waals surface area contributed by atoms with E-state index in [1.54, 1.807) is 23.9 Å². The third kappa shape index (κ3) is 4.25. The summed E-state index contributed by atoms with van der Waals surface area (Å²) >= 11 is 3.23. The molecule has 1 aromatic carbocycles. The lowest BCUT2D eigenvalue weighted by Crippen LogP contribution is -2.37. The van der Waals surface area contributed by atoms with Gasteiger partial charge in [-0.15, -0.1) is 0 Å². The Morgan fingerprint density at radius 3 is 2.76 bits per heavy atom. The van der Waals surface area contributed by atoms with E-state index in [9.17, 15) is 4.39 Å². The van der Waals surface area contributed by atoms with E-state index < -0.39 is 0 Å². The number of rotatable bonds is 4. The molecule has 0 aliphatic heterocycles. The topological polar surface area (TPSA) is 67.1 Å². The number of guanidine groups is 1. The Hall–Kier alpha value is -1.96. The molecule has 0 radical (unpaired) electrons. The summed E-state index contributed by atoms with van der Waals surface area (Å²) in [7, 11) is 3.47. The van der Waals surface area contributed by atoms with Gasteiger partial charge in [0, 0.05) is 30.7 Å². The van der Waals surface area contributed by atoms with Gasteiger partial charge in [-0.3, -0.25) is 9.67 Å². The predicted molar refractivity (Wildman–Crippen MR) is 82.1 cm³/mol. The summed E-state index contributed by atoms with van der Waals surface area (Å²) in [5.41, 5.74) is 0.569. The minimum absolute atomic E-state index is 0.263. The maximum absolute atomic E-state index is 13.7. The highest BCUT2D eigenvalue weighted by atomic mass is 79.9. The molecule has 0 fully saturated rings. The number of aromatic nitrogens is 3. The fraction of sp³-hybridized carbons (Fsp3) is 0.308. The lowest BCUT2D eigenvalue weighted by atomic mass is 10.2. The van der Waals surface area contributed by atoms with Crippen molar-refractivity contribution in [3.63, 3.8) is 0 Å². The second kappa shape index (κ2) is 7.16. The van der Waals surface area contributed by atoms with E-state index in [1.165, 1.54) is 12.4 Å². The Bertz CT molecular complexity index is 639. The first-order valence-corrected chi connectivity index (χ1v) is 7.10. The number of hydrogen-bond acceptors (Lipinski definition) is 3. The van der Waals surface area contributed by atoms with E-state index in [4.69, 9.17) is 0 Å². The standard InChI is InChI=1S/C13H16BrFN6/c1-16-13(18-7-12-19-8-20-21(12)2)17-6-9-3-4-10(14)5-11(9)15/h3-5,8H,6-7H2,1-2H3,(H2,16,17,18). The van der Waals surface area contributed by atoms with E-state index >= 15 is 0 Å². The van der Waals surface area contributed by atoms with Gasteiger partial charge in [-0.25, -0.2) is 9.37 Å². The van der Waals surface area contributed by atoms with Crippen LogP contribution in [0, 0.1) is 5.82 Å². The summed E-state index contributed by atoms with van der Waals surface area (Å²) in [6.45, 7) is 0.830. The summed E-state index contributed by atoms with van der Waals surface area (Å²) in [5, 5.41) is 10.1. The molecule has 2 rings (SSSR count). The molecule has 0 aliphatic rings. The van der Waals surface area contributed by atoms with Crippen molar-refractivity contribution in [3.05, 3.63) is 46.2 Å². The average molecular weight is 355 g/mol. The Morgan fingerprint density at radius 1 is 1.38 bits per heavy atom. The van der Waals surface area contributed by atoms with Crippen molar-refractivity contribution >= 4 is 21.9 Å². The fourth-order valence-corrected chi connectivity index (χ4v) is 2.04. The van der Waals surface area contributed by atoms with Crippen LogP contribution in [0.2, 0.25) is 0 Å². The monoisotopic (exact) mass is 354 g/mol. The van der Waals surface area contributed by atoms with Crippen molar-refractivity contribution in [2.45, 2.75) is 13.1 Å². The Balaban J connectivity index is 1.89. The quantitative estimate of drug-likeness (QED) is 0.646. The third-order valence-electron chi connectivity index (χ3n) is 2.90. The first kappa shape index (κ1) is 15.4. The smallest absolute Gasteiger partial charge is 0.191 e. The molecule has 0 saturated carbocycles. The van der Waals surface area contributed by atoms with Gasteiger partial charge in [0.1, 0.15) is 18.0 Å². The number of nitrogens with one attached hydrogen (secondary N) is 2. The highest BCUT2D eigenvalue weighted by Crippen LogP contribution is 2.14. The molecule has 2 N–H and O–H groups in total. The van der Waals surface area contributed by atoms with Crippen molar-refractivity contribution in [2.75, 3.05) is 7.05 Å². The maximum Gasteiger partial charge on any atom is 0.191 e. The van der Waals surface area contributed by atoms with Gasteiger partial charge in [0.25, 0.3) is 0 Å². The molecule has 0 amide bonds. The van der Waals surface area contributed by atoms with Crippen LogP contribution in [-0.4, -0.2) is 27.8 Å².